The molecule has 2 aliphatic rings. The molecule has 140 valence electrons. The predicted molar refractivity (Wildman–Crippen MR) is 99.0 cm³/mol. The molecule has 0 aliphatic carbocycles. The van der Waals surface area contributed by atoms with Crippen LogP contribution < -0.4 is 10.6 Å². The minimum Gasteiger partial charge on any atom is -0.443 e. The smallest absolute Gasteiger partial charge is 0.410 e. The number of carbonyl (C=O) groups excluding carboxylic acids is 2. The van der Waals surface area contributed by atoms with Gasteiger partial charge in [0.1, 0.15) is 17.5 Å². The first kappa shape index (κ1) is 18.7. The van der Waals surface area contributed by atoms with Gasteiger partial charge in [-0.3, -0.25) is 4.79 Å². The van der Waals surface area contributed by atoms with Crippen LogP contribution in [0.15, 0.2) is 23.3 Å². The molecule has 0 atom stereocenters. The van der Waals surface area contributed by atoms with Crippen LogP contribution in [0, 0.1) is 5.41 Å². The maximum Gasteiger partial charge on any atom is 0.410 e. The molecular formula is C18H23ClN4O3. The van der Waals surface area contributed by atoms with Gasteiger partial charge in [0, 0.05) is 31.6 Å². The zero-order chi connectivity index (χ0) is 18.9. The zero-order valence-electron chi connectivity index (χ0n) is 15.2. The maximum absolute atomic E-state index is 12.3. The fourth-order valence-electron chi connectivity index (χ4n) is 2.83. The van der Waals surface area contributed by atoms with E-state index in [4.69, 9.17) is 16.3 Å². The van der Waals surface area contributed by atoms with Gasteiger partial charge in [-0.1, -0.05) is 32.4 Å². The van der Waals surface area contributed by atoms with Crippen molar-refractivity contribution >= 4 is 29.3 Å². The minimum absolute atomic E-state index is 0.0570. The van der Waals surface area contributed by atoms with Crippen LogP contribution in [0.2, 0.25) is 5.15 Å². The summed E-state index contributed by atoms with van der Waals surface area (Å²) in [7, 11) is 0. The van der Waals surface area contributed by atoms with Gasteiger partial charge < -0.3 is 20.3 Å². The van der Waals surface area contributed by atoms with Gasteiger partial charge in [0.15, 0.2) is 0 Å². The highest BCUT2D eigenvalue weighted by molar-refractivity contribution is 6.29. The molecule has 1 aromatic heterocycles. The Labute approximate surface area is 157 Å². The molecule has 0 saturated heterocycles. The molecule has 0 fully saturated rings. The predicted octanol–water partition coefficient (Wildman–Crippen LogP) is 2.57. The lowest BCUT2D eigenvalue weighted by atomic mass is 9.95. The number of carbonyl (C=O) groups is 2. The molecule has 0 aromatic carbocycles. The third-order valence-electron chi connectivity index (χ3n) is 4.40. The van der Waals surface area contributed by atoms with E-state index in [2.05, 4.69) is 15.6 Å². The van der Waals surface area contributed by atoms with Crippen molar-refractivity contribution in [1.82, 2.24) is 15.2 Å². The van der Waals surface area contributed by atoms with E-state index in [0.717, 1.165) is 13.1 Å². The summed E-state index contributed by atoms with van der Waals surface area (Å²) in [4.78, 5) is 30.4. The highest BCUT2D eigenvalue weighted by Gasteiger charge is 2.29. The van der Waals surface area contributed by atoms with Crippen molar-refractivity contribution in [3.8, 4) is 0 Å². The lowest BCUT2D eigenvalue weighted by Gasteiger charge is -2.20. The van der Waals surface area contributed by atoms with Crippen LogP contribution in [0.4, 0.5) is 10.5 Å². The van der Waals surface area contributed by atoms with E-state index in [1.165, 1.54) is 11.1 Å². The van der Waals surface area contributed by atoms with Gasteiger partial charge >= 0.3 is 6.09 Å². The van der Waals surface area contributed by atoms with Crippen molar-refractivity contribution in [3.05, 3.63) is 34.1 Å². The van der Waals surface area contributed by atoms with Crippen LogP contribution >= 0.6 is 11.6 Å². The maximum atomic E-state index is 12.3. The summed E-state index contributed by atoms with van der Waals surface area (Å²) < 4.78 is 5.41. The normalized spacial score (nSPS) is 16.7. The second kappa shape index (κ2) is 7.25. The quantitative estimate of drug-likeness (QED) is 0.624. The summed E-state index contributed by atoms with van der Waals surface area (Å²) >= 11 is 5.96. The van der Waals surface area contributed by atoms with Crippen molar-refractivity contribution in [1.29, 1.82) is 0 Å². The van der Waals surface area contributed by atoms with Crippen LogP contribution in [0.3, 0.4) is 0 Å². The van der Waals surface area contributed by atoms with Crippen molar-refractivity contribution < 1.29 is 14.3 Å². The Morgan fingerprint density at radius 3 is 2.54 bits per heavy atom. The molecule has 0 radical (unpaired) electrons. The first-order valence-electron chi connectivity index (χ1n) is 8.53. The van der Waals surface area contributed by atoms with Crippen LogP contribution in [0.5, 0.6) is 0 Å². The summed E-state index contributed by atoms with van der Waals surface area (Å²) in [6.07, 6.45) is -0.394. The van der Waals surface area contributed by atoms with Gasteiger partial charge in [0.05, 0.1) is 5.69 Å². The molecule has 3 heterocycles. The third-order valence-corrected chi connectivity index (χ3v) is 4.61. The monoisotopic (exact) mass is 378 g/mol. The highest BCUT2D eigenvalue weighted by atomic mass is 35.5. The molecular weight excluding hydrogens is 356 g/mol. The molecule has 26 heavy (non-hydrogen) atoms. The van der Waals surface area contributed by atoms with Gasteiger partial charge in [0.2, 0.25) is 5.91 Å². The SMILES string of the molecule is CC(C)(C)C(=O)Nc1ccc(Cl)nc1COC(=O)N1CC2=C(CNC2)C1. The molecule has 0 bridgehead atoms. The fraction of sp³-hybridized carbons (Fsp3) is 0.500. The molecule has 2 aliphatic heterocycles. The Bertz CT molecular complexity index is 754. The zero-order valence-corrected chi connectivity index (χ0v) is 15.9. The van der Waals surface area contributed by atoms with E-state index in [-0.39, 0.29) is 17.7 Å². The van der Waals surface area contributed by atoms with E-state index >= 15 is 0 Å². The Morgan fingerprint density at radius 1 is 1.27 bits per heavy atom. The molecule has 0 spiro atoms. The van der Waals surface area contributed by atoms with E-state index < -0.39 is 11.5 Å². The number of hydrogen-bond donors (Lipinski definition) is 2. The molecule has 0 unspecified atom stereocenters. The number of rotatable bonds is 3. The number of pyridine rings is 1. The number of ether oxygens (including phenoxy) is 1. The molecule has 0 saturated carbocycles. The Balaban J connectivity index is 1.63. The van der Waals surface area contributed by atoms with Crippen LogP contribution in [0.25, 0.3) is 0 Å². The fourth-order valence-corrected chi connectivity index (χ4v) is 2.99. The van der Waals surface area contributed by atoms with E-state index in [1.54, 1.807) is 17.0 Å². The van der Waals surface area contributed by atoms with Gasteiger partial charge in [-0.2, -0.15) is 0 Å². The number of nitrogens with zero attached hydrogens (tertiary/aromatic N) is 2. The Morgan fingerprint density at radius 2 is 1.92 bits per heavy atom. The summed E-state index contributed by atoms with van der Waals surface area (Å²) in [6.45, 7) is 8.25. The highest BCUT2D eigenvalue weighted by Crippen LogP contribution is 2.24. The van der Waals surface area contributed by atoms with Gasteiger partial charge in [-0.05, 0) is 23.3 Å². The Hall–Kier alpha value is -2.12. The molecule has 7 nitrogen and oxygen atoms in total. The largest absolute Gasteiger partial charge is 0.443 e. The van der Waals surface area contributed by atoms with Crippen molar-refractivity contribution in [2.45, 2.75) is 27.4 Å². The second-order valence-electron chi connectivity index (χ2n) is 7.55. The summed E-state index contributed by atoms with van der Waals surface area (Å²) in [5.74, 6) is -0.151. The number of anilines is 1. The average molecular weight is 379 g/mol. The standard InChI is InChI=1S/C18H23ClN4O3/c1-18(2,3)16(24)22-13-4-5-15(19)21-14(13)10-26-17(25)23-8-11-6-20-7-12(11)9-23/h4-5,20H,6-10H2,1-3H3,(H,22,24). The number of halogens is 1. The lowest BCUT2D eigenvalue weighted by molar-refractivity contribution is -0.123. The van der Waals surface area contributed by atoms with E-state index in [9.17, 15) is 9.59 Å². The second-order valence-corrected chi connectivity index (χ2v) is 7.94. The van der Waals surface area contributed by atoms with Gasteiger partial charge in [-0.15, -0.1) is 0 Å². The average Bonchev–Trinajstić information content (AvgIpc) is 3.15. The van der Waals surface area contributed by atoms with Crippen molar-refractivity contribution in [3.63, 3.8) is 0 Å². The number of amides is 2. The summed E-state index contributed by atoms with van der Waals surface area (Å²) in [6, 6.07) is 3.26. The summed E-state index contributed by atoms with van der Waals surface area (Å²) in [5.41, 5.74) is 2.89. The first-order valence-corrected chi connectivity index (χ1v) is 8.91. The molecule has 2 amide bonds. The first-order chi connectivity index (χ1) is 12.2. The lowest BCUT2D eigenvalue weighted by Crippen LogP contribution is -2.33. The minimum atomic E-state index is -0.552. The molecule has 8 heteroatoms. The topological polar surface area (TPSA) is 83.6 Å². The molecule has 1 aromatic rings. The van der Waals surface area contributed by atoms with Gasteiger partial charge in [0.25, 0.3) is 0 Å². The van der Waals surface area contributed by atoms with E-state index in [0.29, 0.717) is 24.5 Å². The molecule has 2 N–H and O–H groups in total. The van der Waals surface area contributed by atoms with Gasteiger partial charge in [-0.25, -0.2) is 9.78 Å². The van der Waals surface area contributed by atoms with E-state index in [1.807, 2.05) is 20.8 Å². The number of hydrogen-bond acceptors (Lipinski definition) is 5. The van der Waals surface area contributed by atoms with Crippen LogP contribution in [-0.2, 0) is 16.1 Å². The Kier molecular flexibility index (Phi) is 5.20. The van der Waals surface area contributed by atoms with Crippen molar-refractivity contribution in [2.75, 3.05) is 31.5 Å². The summed E-state index contributed by atoms with van der Waals surface area (Å²) in [5, 5.41) is 6.37. The third kappa shape index (κ3) is 4.16. The van der Waals surface area contributed by atoms with Crippen LogP contribution in [-0.4, -0.2) is 48.1 Å². The number of aromatic nitrogens is 1. The number of nitrogens with one attached hydrogen (secondary N) is 2. The van der Waals surface area contributed by atoms with Crippen molar-refractivity contribution in [2.24, 2.45) is 5.41 Å². The molecule has 3 rings (SSSR count). The van der Waals surface area contributed by atoms with Crippen LogP contribution in [0.1, 0.15) is 26.5 Å².